The van der Waals surface area contributed by atoms with E-state index in [-0.39, 0.29) is 5.41 Å². The first-order valence-corrected chi connectivity index (χ1v) is 6.42. The Kier molecular flexibility index (Phi) is 4.03. The molecule has 2 N–H and O–H groups in total. The number of anilines is 1. The lowest BCUT2D eigenvalue weighted by Gasteiger charge is -2.27. The maximum Gasteiger partial charge on any atom is 0.0358 e. The molecule has 0 amide bonds. The van der Waals surface area contributed by atoms with Gasteiger partial charge in [-0.3, -0.25) is 0 Å². The van der Waals surface area contributed by atoms with Crippen molar-refractivity contribution in [3.63, 3.8) is 0 Å². The Hall–Kier alpha value is -1.24. The molecular weight excluding hydrogens is 206 g/mol. The molecule has 0 unspecified atom stereocenters. The second kappa shape index (κ2) is 4.95. The van der Waals surface area contributed by atoms with Crippen molar-refractivity contribution in [3.8, 4) is 0 Å². The van der Waals surface area contributed by atoms with E-state index in [9.17, 15) is 0 Å². The molecule has 1 aromatic carbocycles. The van der Waals surface area contributed by atoms with Crippen molar-refractivity contribution in [2.45, 2.75) is 52.9 Å². The molecule has 0 aliphatic carbocycles. The molecule has 0 radical (unpaired) electrons. The number of hydrogen-bond acceptors (Lipinski definition) is 1. The number of allylic oxidation sites excluding steroid dienone is 1. The van der Waals surface area contributed by atoms with Gasteiger partial charge in [-0.15, -0.1) is 0 Å². The zero-order valence-electron chi connectivity index (χ0n) is 11.9. The summed E-state index contributed by atoms with van der Waals surface area (Å²) >= 11 is 0. The van der Waals surface area contributed by atoms with Crippen molar-refractivity contribution in [3.05, 3.63) is 35.4 Å². The van der Waals surface area contributed by atoms with Gasteiger partial charge >= 0.3 is 0 Å². The Morgan fingerprint density at radius 3 is 2.29 bits per heavy atom. The monoisotopic (exact) mass is 231 g/mol. The van der Waals surface area contributed by atoms with Gasteiger partial charge in [-0.1, -0.05) is 45.9 Å². The van der Waals surface area contributed by atoms with Crippen LogP contribution in [0.25, 0.3) is 5.57 Å². The van der Waals surface area contributed by atoms with Gasteiger partial charge in [-0.25, -0.2) is 0 Å². The van der Waals surface area contributed by atoms with Gasteiger partial charge in [0.2, 0.25) is 0 Å². The molecule has 17 heavy (non-hydrogen) atoms. The van der Waals surface area contributed by atoms with E-state index >= 15 is 0 Å². The maximum atomic E-state index is 6.20. The van der Waals surface area contributed by atoms with E-state index < -0.39 is 0 Å². The molecular formula is C16H25N. The molecule has 0 atom stereocenters. The van der Waals surface area contributed by atoms with Crippen LogP contribution >= 0.6 is 0 Å². The summed E-state index contributed by atoms with van der Waals surface area (Å²) in [6, 6.07) is 4.36. The highest BCUT2D eigenvalue weighted by molar-refractivity contribution is 5.70. The predicted molar refractivity (Wildman–Crippen MR) is 78.3 cm³/mol. The first kappa shape index (κ1) is 13.8. The molecule has 0 saturated heterocycles. The second-order valence-electron chi connectivity index (χ2n) is 5.47. The number of hydrogen-bond donors (Lipinski definition) is 1. The van der Waals surface area contributed by atoms with Crippen LogP contribution in [0.1, 0.15) is 57.7 Å². The molecule has 1 nitrogen and oxygen atoms in total. The van der Waals surface area contributed by atoms with Gasteiger partial charge in [-0.05, 0) is 47.9 Å². The standard InChI is InChI=1S/C16H25N/c1-7-12-9-14(16(5,6)8-2)15(17)10-13(12)11(3)4/h9-10H,3,7-8,17H2,1-2,4-6H3. The summed E-state index contributed by atoms with van der Waals surface area (Å²) in [4.78, 5) is 0. The minimum Gasteiger partial charge on any atom is -0.398 e. The summed E-state index contributed by atoms with van der Waals surface area (Å²) in [5.41, 5.74) is 12.2. The number of nitrogens with two attached hydrogens (primary N) is 1. The highest BCUT2D eigenvalue weighted by atomic mass is 14.6. The molecule has 0 aromatic heterocycles. The molecule has 1 aromatic rings. The highest BCUT2D eigenvalue weighted by Gasteiger charge is 2.22. The van der Waals surface area contributed by atoms with E-state index in [0.717, 1.165) is 24.1 Å². The number of aryl methyl sites for hydroxylation is 1. The maximum absolute atomic E-state index is 6.20. The fourth-order valence-corrected chi connectivity index (χ4v) is 2.13. The van der Waals surface area contributed by atoms with Gasteiger partial charge in [0.15, 0.2) is 0 Å². The summed E-state index contributed by atoms with van der Waals surface area (Å²) in [5.74, 6) is 0. The van der Waals surface area contributed by atoms with Gasteiger partial charge < -0.3 is 5.73 Å². The molecule has 0 spiro atoms. The lowest BCUT2D eigenvalue weighted by molar-refractivity contribution is 0.507. The van der Waals surface area contributed by atoms with Crippen LogP contribution in [0.15, 0.2) is 18.7 Å². The highest BCUT2D eigenvalue weighted by Crippen LogP contribution is 2.34. The average molecular weight is 231 g/mol. The van der Waals surface area contributed by atoms with Gasteiger partial charge in [0.1, 0.15) is 0 Å². The Morgan fingerprint density at radius 2 is 1.88 bits per heavy atom. The van der Waals surface area contributed by atoms with Crippen LogP contribution in [0.3, 0.4) is 0 Å². The summed E-state index contributed by atoms with van der Waals surface area (Å²) in [6.45, 7) is 15.0. The zero-order valence-corrected chi connectivity index (χ0v) is 11.9. The SMILES string of the molecule is C=C(C)c1cc(N)c(C(C)(C)CC)cc1CC. The molecule has 0 bridgehead atoms. The zero-order chi connectivity index (χ0) is 13.2. The van der Waals surface area contributed by atoms with Gasteiger partial charge in [0, 0.05) is 5.69 Å². The fraction of sp³-hybridized carbons (Fsp3) is 0.500. The summed E-state index contributed by atoms with van der Waals surface area (Å²) in [7, 11) is 0. The summed E-state index contributed by atoms with van der Waals surface area (Å²) in [6.07, 6.45) is 2.11. The van der Waals surface area contributed by atoms with Crippen molar-refractivity contribution < 1.29 is 0 Å². The molecule has 1 heteroatoms. The summed E-state index contributed by atoms with van der Waals surface area (Å²) in [5, 5.41) is 0. The van der Waals surface area contributed by atoms with Crippen molar-refractivity contribution in [2.75, 3.05) is 5.73 Å². The Balaban J connectivity index is 3.42. The van der Waals surface area contributed by atoms with Crippen molar-refractivity contribution >= 4 is 11.3 Å². The van der Waals surface area contributed by atoms with Crippen LogP contribution in [-0.4, -0.2) is 0 Å². The van der Waals surface area contributed by atoms with E-state index in [0.29, 0.717) is 0 Å². The van der Waals surface area contributed by atoms with E-state index in [1.54, 1.807) is 0 Å². The van der Waals surface area contributed by atoms with E-state index in [1.165, 1.54) is 16.7 Å². The molecule has 0 aliphatic rings. The smallest absolute Gasteiger partial charge is 0.0358 e. The third-order valence-corrected chi connectivity index (χ3v) is 3.73. The number of nitrogen functional groups attached to an aromatic ring is 1. The molecule has 1 rings (SSSR count). The predicted octanol–water partition coefficient (Wildman–Crippen LogP) is 4.55. The second-order valence-corrected chi connectivity index (χ2v) is 5.47. The lowest BCUT2D eigenvalue weighted by Crippen LogP contribution is -2.18. The van der Waals surface area contributed by atoms with Crippen LogP contribution in [0.4, 0.5) is 5.69 Å². The molecule has 0 fully saturated rings. The minimum absolute atomic E-state index is 0.140. The quantitative estimate of drug-likeness (QED) is 0.756. The molecule has 94 valence electrons. The average Bonchev–Trinajstić information content (AvgIpc) is 2.28. The van der Waals surface area contributed by atoms with E-state index in [2.05, 4.69) is 46.4 Å². The third-order valence-electron chi connectivity index (χ3n) is 3.73. The molecule has 0 aliphatic heterocycles. The van der Waals surface area contributed by atoms with Crippen LogP contribution in [0.2, 0.25) is 0 Å². The topological polar surface area (TPSA) is 26.0 Å². The van der Waals surface area contributed by atoms with Crippen molar-refractivity contribution in [1.29, 1.82) is 0 Å². The molecule has 0 heterocycles. The van der Waals surface area contributed by atoms with Crippen LogP contribution in [0, 0.1) is 0 Å². The van der Waals surface area contributed by atoms with Crippen LogP contribution < -0.4 is 5.73 Å². The summed E-state index contributed by atoms with van der Waals surface area (Å²) < 4.78 is 0. The Morgan fingerprint density at radius 1 is 1.29 bits per heavy atom. The van der Waals surface area contributed by atoms with Gasteiger partial charge in [-0.2, -0.15) is 0 Å². The Bertz CT molecular complexity index is 427. The van der Waals surface area contributed by atoms with Crippen molar-refractivity contribution in [2.24, 2.45) is 0 Å². The van der Waals surface area contributed by atoms with Gasteiger partial charge in [0.25, 0.3) is 0 Å². The largest absolute Gasteiger partial charge is 0.398 e. The van der Waals surface area contributed by atoms with Crippen LogP contribution in [-0.2, 0) is 11.8 Å². The number of benzene rings is 1. The van der Waals surface area contributed by atoms with E-state index in [1.807, 2.05) is 6.92 Å². The van der Waals surface area contributed by atoms with E-state index in [4.69, 9.17) is 5.73 Å². The first-order chi connectivity index (χ1) is 7.83. The lowest BCUT2D eigenvalue weighted by atomic mass is 9.79. The fourth-order valence-electron chi connectivity index (χ4n) is 2.13. The first-order valence-electron chi connectivity index (χ1n) is 6.42. The normalized spacial score (nSPS) is 11.6. The minimum atomic E-state index is 0.140. The van der Waals surface area contributed by atoms with Crippen molar-refractivity contribution in [1.82, 2.24) is 0 Å². The Labute approximate surface area is 106 Å². The van der Waals surface area contributed by atoms with Gasteiger partial charge in [0.05, 0.1) is 0 Å². The number of rotatable bonds is 4. The third kappa shape index (κ3) is 2.71. The van der Waals surface area contributed by atoms with Crippen LogP contribution in [0.5, 0.6) is 0 Å². The molecule has 0 saturated carbocycles.